The molecular weight excluding hydrogens is 315 g/mol. The summed E-state index contributed by atoms with van der Waals surface area (Å²) < 4.78 is 13.8. The molecule has 0 saturated carbocycles. The van der Waals surface area contributed by atoms with Crippen molar-refractivity contribution < 1.29 is 14.0 Å². The van der Waals surface area contributed by atoms with Gasteiger partial charge in [0, 0.05) is 23.9 Å². The average Bonchev–Trinajstić information content (AvgIpc) is 2.54. The molecule has 0 aliphatic carbocycles. The third-order valence-corrected chi connectivity index (χ3v) is 5.51. The molecule has 1 fully saturated rings. The van der Waals surface area contributed by atoms with Gasteiger partial charge in [-0.25, -0.2) is 4.39 Å². The van der Waals surface area contributed by atoms with Gasteiger partial charge in [-0.15, -0.1) is 11.8 Å². The molecule has 2 N–H and O–H groups in total. The minimum Gasteiger partial charge on any atom is -0.369 e. The molecule has 1 aromatic rings. The number of benzene rings is 1. The fraction of sp³-hybridized carbons (Fsp3) is 0.529. The summed E-state index contributed by atoms with van der Waals surface area (Å²) in [6.07, 6.45) is 1.53. The molecule has 0 bridgehead atoms. The molecule has 4 nitrogen and oxygen atoms in total. The predicted molar refractivity (Wildman–Crippen MR) is 90.4 cm³/mol. The zero-order chi connectivity index (χ0) is 17.0. The molecule has 126 valence electrons. The van der Waals surface area contributed by atoms with Gasteiger partial charge >= 0.3 is 0 Å². The Morgan fingerprint density at radius 2 is 2.04 bits per heavy atom. The Labute approximate surface area is 140 Å². The Bertz CT molecular complexity index is 581. The van der Waals surface area contributed by atoms with Gasteiger partial charge in [0.25, 0.3) is 0 Å². The van der Waals surface area contributed by atoms with E-state index >= 15 is 0 Å². The Hall–Kier alpha value is -1.56. The van der Waals surface area contributed by atoms with Crippen molar-refractivity contribution in [3.05, 3.63) is 35.6 Å². The van der Waals surface area contributed by atoms with Crippen molar-refractivity contribution >= 4 is 23.6 Å². The first-order chi connectivity index (χ1) is 10.9. The number of carbonyl (C=O) groups is 2. The number of hydrogen-bond donors (Lipinski definition) is 1. The maximum Gasteiger partial charge on any atom is 0.235 e. The maximum atomic E-state index is 13.8. The summed E-state index contributed by atoms with van der Waals surface area (Å²) >= 11 is 1.43. The quantitative estimate of drug-likeness (QED) is 0.898. The third kappa shape index (κ3) is 4.47. The summed E-state index contributed by atoms with van der Waals surface area (Å²) in [5, 5.41) is -0.414. The first kappa shape index (κ1) is 17.8. The third-order valence-electron chi connectivity index (χ3n) is 4.23. The lowest BCUT2D eigenvalue weighted by Gasteiger charge is -2.33. The van der Waals surface area contributed by atoms with Crippen LogP contribution in [0.15, 0.2) is 24.3 Å². The van der Waals surface area contributed by atoms with Gasteiger partial charge in [-0.1, -0.05) is 18.2 Å². The van der Waals surface area contributed by atoms with Crippen LogP contribution in [-0.2, 0) is 9.59 Å². The zero-order valence-electron chi connectivity index (χ0n) is 13.5. The molecule has 3 atom stereocenters. The van der Waals surface area contributed by atoms with Gasteiger partial charge in [0.15, 0.2) is 0 Å². The van der Waals surface area contributed by atoms with E-state index in [4.69, 9.17) is 5.73 Å². The first-order valence-corrected chi connectivity index (χ1v) is 8.82. The van der Waals surface area contributed by atoms with Crippen molar-refractivity contribution in [3.8, 4) is 0 Å². The smallest absolute Gasteiger partial charge is 0.235 e. The van der Waals surface area contributed by atoms with Crippen LogP contribution >= 0.6 is 11.8 Å². The van der Waals surface area contributed by atoms with Gasteiger partial charge in [0.2, 0.25) is 11.8 Å². The van der Waals surface area contributed by atoms with Crippen molar-refractivity contribution in [2.24, 2.45) is 11.7 Å². The van der Waals surface area contributed by atoms with Crippen LogP contribution in [0.1, 0.15) is 37.5 Å². The Morgan fingerprint density at radius 1 is 1.35 bits per heavy atom. The van der Waals surface area contributed by atoms with E-state index in [9.17, 15) is 14.0 Å². The average molecular weight is 338 g/mol. The van der Waals surface area contributed by atoms with Crippen LogP contribution < -0.4 is 5.73 Å². The highest BCUT2D eigenvalue weighted by molar-refractivity contribution is 8.00. The summed E-state index contributed by atoms with van der Waals surface area (Å²) in [5.41, 5.74) is 5.96. The van der Waals surface area contributed by atoms with Crippen LogP contribution in [0.2, 0.25) is 0 Å². The number of likely N-dealkylation sites (tertiary alicyclic amines) is 1. The molecule has 0 spiro atoms. The Morgan fingerprint density at radius 3 is 2.70 bits per heavy atom. The lowest BCUT2D eigenvalue weighted by atomic mass is 9.97. The molecule has 1 saturated heterocycles. The van der Waals surface area contributed by atoms with Gasteiger partial charge in [-0.05, 0) is 32.8 Å². The highest BCUT2D eigenvalue weighted by atomic mass is 32.2. The van der Waals surface area contributed by atoms with Crippen LogP contribution in [0.3, 0.4) is 0 Å². The monoisotopic (exact) mass is 338 g/mol. The maximum absolute atomic E-state index is 13.8. The second-order valence-electron chi connectivity index (χ2n) is 5.97. The number of thioether (sulfide) groups is 1. The number of halogens is 1. The van der Waals surface area contributed by atoms with E-state index in [0.717, 1.165) is 12.8 Å². The second kappa shape index (κ2) is 7.81. The standard InChI is InChI=1S/C17H23FN2O2S/c1-11(14-7-3-4-8-15(14)18)23-12(2)17(22)20-9-5-6-13(10-20)16(19)21/h3-4,7-8,11-13H,5-6,9-10H2,1-2H3,(H2,19,21). The van der Waals surface area contributed by atoms with E-state index < -0.39 is 0 Å². The van der Waals surface area contributed by atoms with Crippen LogP contribution in [0, 0.1) is 11.7 Å². The van der Waals surface area contributed by atoms with Crippen LogP contribution in [0.4, 0.5) is 4.39 Å². The van der Waals surface area contributed by atoms with E-state index in [1.807, 2.05) is 13.8 Å². The Kier molecular flexibility index (Phi) is 6.04. The van der Waals surface area contributed by atoms with Crippen molar-refractivity contribution in [2.75, 3.05) is 13.1 Å². The largest absolute Gasteiger partial charge is 0.369 e. The summed E-state index contributed by atoms with van der Waals surface area (Å²) in [7, 11) is 0. The lowest BCUT2D eigenvalue weighted by Crippen LogP contribution is -2.46. The van der Waals surface area contributed by atoms with E-state index in [1.165, 1.54) is 17.8 Å². The van der Waals surface area contributed by atoms with Gasteiger partial charge in [-0.2, -0.15) is 0 Å². The molecule has 23 heavy (non-hydrogen) atoms. The summed E-state index contributed by atoms with van der Waals surface area (Å²) in [6.45, 7) is 4.78. The van der Waals surface area contributed by atoms with Gasteiger partial charge in [0.05, 0.1) is 11.2 Å². The topological polar surface area (TPSA) is 63.4 Å². The number of piperidine rings is 1. The number of nitrogens with zero attached hydrogens (tertiary/aromatic N) is 1. The normalized spacial score (nSPS) is 20.8. The zero-order valence-corrected chi connectivity index (χ0v) is 14.3. The number of amides is 2. The van der Waals surface area contributed by atoms with E-state index in [2.05, 4.69) is 0 Å². The number of primary amides is 1. The van der Waals surface area contributed by atoms with Crippen LogP contribution in [-0.4, -0.2) is 35.1 Å². The van der Waals surface area contributed by atoms with Crippen molar-refractivity contribution in [1.29, 1.82) is 0 Å². The predicted octanol–water partition coefficient (Wildman–Crippen LogP) is 2.73. The highest BCUT2D eigenvalue weighted by Gasteiger charge is 2.30. The molecule has 6 heteroatoms. The minimum absolute atomic E-state index is 0.0101. The molecule has 1 heterocycles. The fourth-order valence-corrected chi connectivity index (χ4v) is 4.12. The van der Waals surface area contributed by atoms with Crippen LogP contribution in [0.5, 0.6) is 0 Å². The fourth-order valence-electron chi connectivity index (χ4n) is 2.91. The molecular formula is C17H23FN2O2S. The number of carbonyl (C=O) groups excluding carboxylic acids is 2. The number of hydrogen-bond acceptors (Lipinski definition) is 3. The van der Waals surface area contributed by atoms with Crippen LogP contribution in [0.25, 0.3) is 0 Å². The number of rotatable bonds is 5. The first-order valence-electron chi connectivity index (χ1n) is 7.88. The number of nitrogens with two attached hydrogens (primary N) is 1. The summed E-state index contributed by atoms with van der Waals surface area (Å²) in [6, 6.07) is 6.63. The SMILES string of the molecule is CC(SC(C)c1ccccc1F)C(=O)N1CCCC(C(N)=O)C1. The summed E-state index contributed by atoms with van der Waals surface area (Å²) in [5.74, 6) is -0.862. The molecule has 0 aromatic heterocycles. The van der Waals surface area contributed by atoms with E-state index in [-0.39, 0.29) is 34.0 Å². The molecule has 1 aliphatic rings. The van der Waals surface area contributed by atoms with E-state index in [1.54, 1.807) is 23.1 Å². The van der Waals surface area contributed by atoms with E-state index in [0.29, 0.717) is 18.7 Å². The lowest BCUT2D eigenvalue weighted by molar-refractivity contribution is -0.134. The molecule has 3 unspecified atom stereocenters. The molecule has 1 aromatic carbocycles. The van der Waals surface area contributed by atoms with Crippen molar-refractivity contribution in [3.63, 3.8) is 0 Å². The van der Waals surface area contributed by atoms with Gasteiger partial charge in [0.1, 0.15) is 5.82 Å². The summed E-state index contributed by atoms with van der Waals surface area (Å²) in [4.78, 5) is 25.6. The minimum atomic E-state index is -0.345. The molecule has 2 amide bonds. The van der Waals surface area contributed by atoms with Gasteiger partial charge < -0.3 is 10.6 Å². The molecule has 2 rings (SSSR count). The second-order valence-corrected chi connectivity index (χ2v) is 7.65. The van der Waals surface area contributed by atoms with Crippen molar-refractivity contribution in [2.45, 2.75) is 37.2 Å². The Balaban J connectivity index is 1.97. The van der Waals surface area contributed by atoms with Crippen molar-refractivity contribution in [1.82, 2.24) is 4.90 Å². The molecule has 0 radical (unpaired) electrons. The highest BCUT2D eigenvalue weighted by Crippen LogP contribution is 2.34. The molecule has 1 aliphatic heterocycles. The van der Waals surface area contributed by atoms with Gasteiger partial charge in [-0.3, -0.25) is 9.59 Å².